The third kappa shape index (κ3) is 4.02. The van der Waals surface area contributed by atoms with Crippen molar-refractivity contribution in [2.75, 3.05) is 0 Å². The minimum atomic E-state index is -0.169. The summed E-state index contributed by atoms with van der Waals surface area (Å²) in [7, 11) is 0. The predicted octanol–water partition coefficient (Wildman–Crippen LogP) is 10.2. The molecule has 0 amide bonds. The number of aromatic nitrogens is 1. The molecule has 2 heterocycles. The minimum absolute atomic E-state index is 0.103. The molecule has 2 aliphatic rings. The fourth-order valence-corrected chi connectivity index (χ4v) is 7.62. The second-order valence-corrected chi connectivity index (χ2v) is 12.9. The number of rotatable bonds is 4. The van der Waals surface area contributed by atoms with Crippen molar-refractivity contribution in [3.05, 3.63) is 179 Å². The lowest BCUT2D eigenvalue weighted by atomic mass is 9.81. The van der Waals surface area contributed by atoms with Gasteiger partial charge in [0.1, 0.15) is 6.17 Å². The number of nitrogens with zero attached hydrogens (tertiary/aromatic N) is 2. The van der Waals surface area contributed by atoms with Crippen molar-refractivity contribution in [2.45, 2.75) is 25.4 Å². The zero-order chi connectivity index (χ0) is 30.8. The first-order valence-corrected chi connectivity index (χ1v) is 16.0. The van der Waals surface area contributed by atoms with Gasteiger partial charge >= 0.3 is 0 Å². The number of hydrogen-bond donors (Lipinski definition) is 1. The Labute approximate surface area is 269 Å². The Morgan fingerprint density at radius 1 is 0.630 bits per heavy atom. The summed E-state index contributed by atoms with van der Waals surface area (Å²) in [4.78, 5) is 5.12. The SMILES string of the molecule is CC1(C)c2ccccc2-c2c1c1ccc3ccccc3c1n2-c1ccc(C2=CC(c3ccccc3)=NC(c3ccccc3)N2)cc1. The molecule has 3 nitrogen and oxygen atoms in total. The van der Waals surface area contributed by atoms with Crippen LogP contribution in [0.3, 0.4) is 0 Å². The fourth-order valence-electron chi connectivity index (χ4n) is 7.62. The highest BCUT2D eigenvalue weighted by atomic mass is 15.1. The van der Waals surface area contributed by atoms with Crippen molar-refractivity contribution in [3.63, 3.8) is 0 Å². The van der Waals surface area contributed by atoms with Gasteiger partial charge in [0.25, 0.3) is 0 Å². The fraction of sp³-hybridized carbons (Fsp3) is 0.0930. The molecule has 0 saturated heterocycles. The zero-order valence-electron chi connectivity index (χ0n) is 25.9. The van der Waals surface area contributed by atoms with E-state index in [0.717, 1.165) is 33.8 Å². The van der Waals surface area contributed by atoms with Gasteiger partial charge in [-0.05, 0) is 51.4 Å². The van der Waals surface area contributed by atoms with Crippen LogP contribution in [0.4, 0.5) is 0 Å². The number of nitrogens with one attached hydrogen (secondary N) is 1. The van der Waals surface area contributed by atoms with E-state index in [4.69, 9.17) is 4.99 Å². The van der Waals surface area contributed by atoms with Crippen molar-refractivity contribution >= 4 is 33.1 Å². The molecule has 46 heavy (non-hydrogen) atoms. The molecule has 0 fully saturated rings. The largest absolute Gasteiger partial charge is 0.360 e. The Balaban J connectivity index is 1.22. The van der Waals surface area contributed by atoms with Gasteiger partial charge in [0, 0.05) is 33.1 Å². The summed E-state index contributed by atoms with van der Waals surface area (Å²) in [5.41, 5.74) is 13.2. The van der Waals surface area contributed by atoms with Gasteiger partial charge in [-0.3, -0.25) is 4.99 Å². The van der Waals surface area contributed by atoms with Crippen LogP contribution in [0.15, 0.2) is 157 Å². The molecule has 7 aromatic rings. The highest BCUT2D eigenvalue weighted by Crippen LogP contribution is 2.54. The van der Waals surface area contributed by atoms with E-state index in [1.165, 1.54) is 44.1 Å². The number of hydrogen-bond acceptors (Lipinski definition) is 2. The third-order valence-electron chi connectivity index (χ3n) is 9.80. The van der Waals surface area contributed by atoms with Crippen molar-refractivity contribution in [2.24, 2.45) is 4.99 Å². The molecule has 220 valence electrons. The standard InChI is InChI=1S/C43H33N3/c1-43(2)36-20-12-11-19-34(36)41-39(43)35-26-23-28-13-9-10-18-33(28)40(35)46(41)32-24-21-30(22-25-32)38-27-37(29-14-5-3-6-15-29)44-42(45-38)31-16-7-4-8-17-31/h3-27,42,45H,1-2H3. The normalized spacial score (nSPS) is 16.4. The van der Waals surface area contributed by atoms with Crippen LogP contribution in [-0.4, -0.2) is 10.3 Å². The molecule has 1 atom stereocenters. The van der Waals surface area contributed by atoms with Gasteiger partial charge in [-0.2, -0.15) is 0 Å². The first kappa shape index (κ1) is 26.7. The van der Waals surface area contributed by atoms with Gasteiger partial charge < -0.3 is 9.88 Å². The van der Waals surface area contributed by atoms with E-state index >= 15 is 0 Å². The Hall–Kier alpha value is -5.67. The number of aliphatic imine (C=N–C) groups is 1. The average molecular weight is 592 g/mol. The lowest BCUT2D eigenvalue weighted by Crippen LogP contribution is -2.24. The van der Waals surface area contributed by atoms with E-state index in [1.54, 1.807) is 0 Å². The molecule has 0 bridgehead atoms. The predicted molar refractivity (Wildman–Crippen MR) is 192 cm³/mol. The molecular formula is C43H33N3. The summed E-state index contributed by atoms with van der Waals surface area (Å²) in [6, 6.07) is 52.3. The number of fused-ring (bicyclic) bond motifs is 7. The van der Waals surface area contributed by atoms with E-state index in [0.29, 0.717) is 0 Å². The molecule has 0 radical (unpaired) electrons. The van der Waals surface area contributed by atoms with E-state index < -0.39 is 0 Å². The second kappa shape index (κ2) is 10.2. The maximum Gasteiger partial charge on any atom is 0.145 e. The van der Waals surface area contributed by atoms with Crippen molar-refractivity contribution in [3.8, 4) is 16.9 Å². The van der Waals surface area contributed by atoms with Gasteiger partial charge in [-0.1, -0.05) is 147 Å². The van der Waals surface area contributed by atoms with E-state index in [9.17, 15) is 0 Å². The molecule has 1 aromatic heterocycles. The average Bonchev–Trinajstić information content (AvgIpc) is 3.60. The molecular weight excluding hydrogens is 558 g/mol. The first-order chi connectivity index (χ1) is 22.6. The van der Waals surface area contributed by atoms with Crippen LogP contribution >= 0.6 is 0 Å². The van der Waals surface area contributed by atoms with Crippen LogP contribution in [0.1, 0.15) is 47.8 Å². The molecule has 1 aliphatic heterocycles. The maximum absolute atomic E-state index is 5.12. The summed E-state index contributed by atoms with van der Waals surface area (Å²) in [6.07, 6.45) is 2.01. The highest BCUT2D eigenvalue weighted by Gasteiger charge is 2.40. The molecule has 0 spiro atoms. The van der Waals surface area contributed by atoms with Crippen LogP contribution in [0.2, 0.25) is 0 Å². The zero-order valence-corrected chi connectivity index (χ0v) is 25.9. The molecule has 1 unspecified atom stereocenters. The van der Waals surface area contributed by atoms with Crippen LogP contribution in [0.25, 0.3) is 44.3 Å². The van der Waals surface area contributed by atoms with E-state index in [1.807, 2.05) is 12.1 Å². The van der Waals surface area contributed by atoms with Crippen LogP contribution in [0.5, 0.6) is 0 Å². The lowest BCUT2D eigenvalue weighted by molar-refractivity contribution is 0.664. The van der Waals surface area contributed by atoms with Gasteiger partial charge in [-0.15, -0.1) is 0 Å². The molecule has 9 rings (SSSR count). The Kier molecular flexibility index (Phi) is 5.91. The van der Waals surface area contributed by atoms with Gasteiger partial charge in [0.15, 0.2) is 0 Å². The Bertz CT molecular complexity index is 2340. The smallest absolute Gasteiger partial charge is 0.145 e. The Morgan fingerprint density at radius 2 is 1.33 bits per heavy atom. The molecule has 0 saturated carbocycles. The van der Waals surface area contributed by atoms with Crippen molar-refractivity contribution < 1.29 is 0 Å². The third-order valence-corrected chi connectivity index (χ3v) is 9.80. The summed E-state index contributed by atoms with van der Waals surface area (Å²) in [5, 5.41) is 7.58. The molecule has 6 aromatic carbocycles. The summed E-state index contributed by atoms with van der Waals surface area (Å²) in [5.74, 6) is 0. The minimum Gasteiger partial charge on any atom is -0.360 e. The van der Waals surface area contributed by atoms with Gasteiger partial charge in [0.05, 0.1) is 16.9 Å². The van der Waals surface area contributed by atoms with Crippen LogP contribution in [-0.2, 0) is 5.41 Å². The quantitative estimate of drug-likeness (QED) is 0.217. The maximum atomic E-state index is 5.12. The van der Waals surface area contributed by atoms with Crippen LogP contribution < -0.4 is 5.32 Å². The monoisotopic (exact) mass is 591 g/mol. The van der Waals surface area contributed by atoms with Gasteiger partial charge in [-0.25, -0.2) is 0 Å². The number of benzene rings is 6. The number of allylic oxidation sites excluding steroid dienone is 1. The molecule has 1 N–H and O–H groups in total. The summed E-state index contributed by atoms with van der Waals surface area (Å²) in [6.45, 7) is 4.74. The molecule has 3 heteroatoms. The second-order valence-electron chi connectivity index (χ2n) is 12.9. The van der Waals surface area contributed by atoms with E-state index in [-0.39, 0.29) is 11.6 Å². The molecule has 1 aliphatic carbocycles. The highest BCUT2D eigenvalue weighted by molar-refractivity contribution is 6.13. The first-order valence-electron chi connectivity index (χ1n) is 16.0. The van der Waals surface area contributed by atoms with Gasteiger partial charge in [0.2, 0.25) is 0 Å². The summed E-state index contributed by atoms with van der Waals surface area (Å²) >= 11 is 0. The Morgan fingerprint density at radius 3 is 2.13 bits per heavy atom. The van der Waals surface area contributed by atoms with Crippen molar-refractivity contribution in [1.29, 1.82) is 0 Å². The lowest BCUT2D eigenvalue weighted by Gasteiger charge is -2.25. The van der Waals surface area contributed by atoms with Crippen molar-refractivity contribution in [1.82, 2.24) is 9.88 Å². The topological polar surface area (TPSA) is 29.3 Å². The van der Waals surface area contributed by atoms with Crippen LogP contribution in [0, 0.1) is 0 Å². The van der Waals surface area contributed by atoms with E-state index in [2.05, 4.69) is 163 Å². The summed E-state index contributed by atoms with van der Waals surface area (Å²) < 4.78 is 2.51.